The fourth-order valence-corrected chi connectivity index (χ4v) is 1.95. The number of benzene rings is 1. The Hall–Kier alpha value is -2.55. The summed E-state index contributed by atoms with van der Waals surface area (Å²) in [6, 6.07) is 4.98. The molecule has 0 radical (unpaired) electrons. The minimum atomic E-state index is -0.712. The van der Waals surface area contributed by atoms with Gasteiger partial charge in [-0.15, -0.1) is 0 Å². The molecular weight excluding hydrogens is 347 g/mol. The van der Waals surface area contributed by atoms with Crippen LogP contribution in [0.4, 0.5) is 21.6 Å². The van der Waals surface area contributed by atoms with E-state index in [1.807, 2.05) is 0 Å². The Balaban J connectivity index is 2.29. The molecule has 7 nitrogen and oxygen atoms in total. The number of nitrogens with one attached hydrogen (secondary N) is 1. The van der Waals surface area contributed by atoms with E-state index >= 15 is 0 Å². The summed E-state index contributed by atoms with van der Waals surface area (Å²) in [6.45, 7) is 0. The number of hydrogen-bond acceptors (Lipinski definition) is 5. The van der Waals surface area contributed by atoms with E-state index in [2.05, 4.69) is 26.2 Å². The first-order valence-electron chi connectivity index (χ1n) is 5.55. The van der Waals surface area contributed by atoms with Gasteiger partial charge in [0.05, 0.1) is 21.2 Å². The maximum absolute atomic E-state index is 13.1. The number of nitro groups is 1. The lowest BCUT2D eigenvalue weighted by Gasteiger charge is -2.07. The Morgan fingerprint density at radius 1 is 1.43 bits per heavy atom. The highest BCUT2D eigenvalue weighted by atomic mass is 79.9. The van der Waals surface area contributed by atoms with Gasteiger partial charge in [0.15, 0.2) is 0 Å². The minimum absolute atomic E-state index is 0.138. The second-order valence-corrected chi connectivity index (χ2v) is 4.82. The molecule has 9 heteroatoms. The van der Waals surface area contributed by atoms with Crippen LogP contribution in [0.2, 0.25) is 0 Å². The lowest BCUT2D eigenvalue weighted by molar-refractivity contribution is -0.385. The Morgan fingerprint density at radius 2 is 2.14 bits per heavy atom. The van der Waals surface area contributed by atoms with Gasteiger partial charge in [-0.2, -0.15) is 0 Å². The first-order chi connectivity index (χ1) is 9.88. The van der Waals surface area contributed by atoms with Crippen LogP contribution in [0.15, 0.2) is 34.9 Å². The van der Waals surface area contributed by atoms with E-state index in [4.69, 9.17) is 5.73 Å². The van der Waals surface area contributed by atoms with Crippen LogP contribution in [-0.4, -0.2) is 15.8 Å². The Kier molecular flexibility index (Phi) is 4.13. The fraction of sp³-hybridized carbons (Fsp3) is 0. The number of pyridine rings is 1. The third kappa shape index (κ3) is 3.31. The second-order valence-electron chi connectivity index (χ2n) is 3.96. The molecule has 0 atom stereocenters. The topological polar surface area (TPSA) is 111 Å². The van der Waals surface area contributed by atoms with Gasteiger partial charge in [-0.25, -0.2) is 9.37 Å². The summed E-state index contributed by atoms with van der Waals surface area (Å²) in [7, 11) is 0. The molecule has 0 aliphatic heterocycles. The van der Waals surface area contributed by atoms with Gasteiger partial charge in [0.1, 0.15) is 11.6 Å². The highest BCUT2D eigenvalue weighted by Gasteiger charge is 2.16. The highest BCUT2D eigenvalue weighted by Crippen LogP contribution is 2.28. The number of nitrogens with two attached hydrogens (primary N) is 1. The second kappa shape index (κ2) is 5.83. The summed E-state index contributed by atoms with van der Waals surface area (Å²) in [5.41, 5.74) is 5.31. The first-order valence-corrected chi connectivity index (χ1v) is 6.34. The molecule has 0 spiro atoms. The van der Waals surface area contributed by atoms with Crippen LogP contribution in [0, 0.1) is 15.9 Å². The van der Waals surface area contributed by atoms with Crippen LogP contribution in [0.1, 0.15) is 10.4 Å². The number of rotatable bonds is 3. The highest BCUT2D eigenvalue weighted by molar-refractivity contribution is 9.10. The van der Waals surface area contributed by atoms with Gasteiger partial charge in [-0.3, -0.25) is 14.9 Å². The van der Waals surface area contributed by atoms with Crippen molar-refractivity contribution in [1.82, 2.24) is 4.98 Å². The largest absolute Gasteiger partial charge is 0.383 e. The molecule has 2 rings (SSSR count). The van der Waals surface area contributed by atoms with Gasteiger partial charge in [0.25, 0.3) is 11.6 Å². The molecule has 2 aromatic rings. The van der Waals surface area contributed by atoms with Crippen molar-refractivity contribution in [2.24, 2.45) is 0 Å². The predicted octanol–water partition coefficient (Wildman–Crippen LogP) is 2.73. The SMILES string of the molecule is Nc1ncc(F)cc1C(=O)Nc1ccc(Br)c([N+](=O)[O-])c1. The van der Waals surface area contributed by atoms with Gasteiger partial charge in [-0.1, -0.05) is 0 Å². The number of nitrogen functional groups attached to an aromatic ring is 1. The third-order valence-electron chi connectivity index (χ3n) is 2.53. The van der Waals surface area contributed by atoms with Crippen LogP contribution < -0.4 is 11.1 Å². The summed E-state index contributed by atoms with van der Waals surface area (Å²) < 4.78 is 13.4. The van der Waals surface area contributed by atoms with Gasteiger partial charge in [0, 0.05) is 11.8 Å². The number of nitrogens with zero attached hydrogens (tertiary/aromatic N) is 2. The van der Waals surface area contributed by atoms with Gasteiger partial charge in [-0.05, 0) is 34.1 Å². The summed E-state index contributed by atoms with van der Waals surface area (Å²) in [5, 5.41) is 13.2. The molecule has 0 bridgehead atoms. The van der Waals surface area contributed by atoms with Crippen molar-refractivity contribution in [2.75, 3.05) is 11.1 Å². The zero-order valence-electron chi connectivity index (χ0n) is 10.3. The monoisotopic (exact) mass is 354 g/mol. The fourth-order valence-electron chi connectivity index (χ4n) is 1.56. The van der Waals surface area contributed by atoms with E-state index in [-0.39, 0.29) is 27.2 Å². The van der Waals surface area contributed by atoms with Crippen LogP contribution in [0.25, 0.3) is 0 Å². The van der Waals surface area contributed by atoms with Crippen molar-refractivity contribution in [2.45, 2.75) is 0 Å². The molecule has 1 heterocycles. The maximum atomic E-state index is 13.1. The van der Waals surface area contributed by atoms with Crippen LogP contribution in [0.3, 0.4) is 0 Å². The molecule has 21 heavy (non-hydrogen) atoms. The average molecular weight is 355 g/mol. The first kappa shape index (κ1) is 14.9. The van der Waals surface area contributed by atoms with Crippen LogP contribution in [-0.2, 0) is 0 Å². The normalized spacial score (nSPS) is 10.2. The third-order valence-corrected chi connectivity index (χ3v) is 3.20. The molecule has 0 aliphatic rings. The number of halogens is 2. The number of amides is 1. The van der Waals surface area contributed by atoms with E-state index < -0.39 is 16.6 Å². The number of aromatic nitrogens is 1. The molecule has 1 aromatic carbocycles. The van der Waals surface area contributed by atoms with E-state index in [0.717, 1.165) is 12.3 Å². The van der Waals surface area contributed by atoms with E-state index in [1.165, 1.54) is 18.2 Å². The smallest absolute Gasteiger partial charge is 0.285 e. The molecule has 0 aliphatic carbocycles. The zero-order valence-corrected chi connectivity index (χ0v) is 11.9. The Morgan fingerprint density at radius 3 is 2.81 bits per heavy atom. The molecule has 108 valence electrons. The van der Waals surface area contributed by atoms with Crippen molar-refractivity contribution in [3.05, 3.63) is 56.4 Å². The molecule has 0 saturated carbocycles. The van der Waals surface area contributed by atoms with E-state index in [0.29, 0.717) is 0 Å². The van der Waals surface area contributed by atoms with Crippen molar-refractivity contribution < 1.29 is 14.1 Å². The lowest BCUT2D eigenvalue weighted by Crippen LogP contribution is -2.15. The number of anilines is 2. The summed E-state index contributed by atoms with van der Waals surface area (Å²) in [4.78, 5) is 25.7. The van der Waals surface area contributed by atoms with Crippen LogP contribution >= 0.6 is 15.9 Å². The lowest BCUT2D eigenvalue weighted by atomic mass is 10.2. The van der Waals surface area contributed by atoms with Gasteiger partial charge < -0.3 is 11.1 Å². The zero-order chi connectivity index (χ0) is 15.6. The van der Waals surface area contributed by atoms with Crippen molar-refractivity contribution in [1.29, 1.82) is 0 Å². The van der Waals surface area contributed by atoms with E-state index in [9.17, 15) is 19.3 Å². The number of hydrogen-bond donors (Lipinski definition) is 2. The van der Waals surface area contributed by atoms with Crippen molar-refractivity contribution in [3.63, 3.8) is 0 Å². The number of nitro benzene ring substituents is 1. The number of carbonyl (C=O) groups is 1. The summed E-state index contributed by atoms with van der Waals surface area (Å²) >= 11 is 3.03. The molecule has 3 N–H and O–H groups in total. The van der Waals surface area contributed by atoms with Gasteiger partial charge in [0.2, 0.25) is 0 Å². The quantitative estimate of drug-likeness (QED) is 0.650. The molecule has 0 fully saturated rings. The number of carbonyl (C=O) groups excluding carboxylic acids is 1. The predicted molar refractivity (Wildman–Crippen MR) is 77.4 cm³/mol. The maximum Gasteiger partial charge on any atom is 0.285 e. The molecular formula is C12H8BrFN4O3. The van der Waals surface area contributed by atoms with E-state index in [1.54, 1.807) is 0 Å². The van der Waals surface area contributed by atoms with Crippen LogP contribution in [0.5, 0.6) is 0 Å². The minimum Gasteiger partial charge on any atom is -0.383 e. The molecule has 1 aromatic heterocycles. The standard InChI is InChI=1S/C12H8BrFN4O3/c13-9-2-1-7(4-10(9)18(20)21)17-12(19)8-3-6(14)5-16-11(8)15/h1-5H,(H2,15,16)(H,17,19). The average Bonchev–Trinajstić information content (AvgIpc) is 2.43. The molecule has 0 unspecified atom stereocenters. The molecule has 0 saturated heterocycles. The van der Waals surface area contributed by atoms with Gasteiger partial charge >= 0.3 is 0 Å². The Bertz CT molecular complexity index is 738. The van der Waals surface area contributed by atoms with Crippen molar-refractivity contribution in [3.8, 4) is 0 Å². The summed E-state index contributed by atoms with van der Waals surface area (Å²) in [6.07, 6.45) is 0.886. The Labute approximate surface area is 126 Å². The van der Waals surface area contributed by atoms with Crippen molar-refractivity contribution >= 4 is 39.0 Å². The molecule has 1 amide bonds. The summed E-state index contributed by atoms with van der Waals surface area (Å²) in [5.74, 6) is -1.56.